The van der Waals surface area contributed by atoms with Crippen LogP contribution < -0.4 is 5.32 Å². The van der Waals surface area contributed by atoms with Crippen molar-refractivity contribution in [2.45, 2.75) is 39.8 Å². The van der Waals surface area contributed by atoms with E-state index < -0.39 is 0 Å². The van der Waals surface area contributed by atoms with Crippen molar-refractivity contribution in [2.75, 3.05) is 6.67 Å². The number of carbonyl (C=O) groups excluding carboxylic acids is 1. The lowest BCUT2D eigenvalue weighted by atomic mass is 9.99. The van der Waals surface area contributed by atoms with Crippen molar-refractivity contribution in [2.24, 2.45) is 5.92 Å². The summed E-state index contributed by atoms with van der Waals surface area (Å²) in [5.74, 6) is 0.668. The van der Waals surface area contributed by atoms with Crippen LogP contribution in [0, 0.1) is 12.8 Å². The molecule has 0 spiro atoms. The van der Waals surface area contributed by atoms with Crippen molar-refractivity contribution in [3.05, 3.63) is 21.9 Å². The van der Waals surface area contributed by atoms with Crippen LogP contribution in [-0.2, 0) is 11.3 Å². The Morgan fingerprint density at radius 1 is 1.59 bits per heavy atom. The molecule has 2 atom stereocenters. The van der Waals surface area contributed by atoms with Crippen LogP contribution in [0.3, 0.4) is 0 Å². The van der Waals surface area contributed by atoms with Gasteiger partial charge in [-0.2, -0.15) is 11.3 Å². The lowest BCUT2D eigenvalue weighted by Crippen LogP contribution is -2.35. The normalized spacial score (nSPS) is 22.2. The maximum absolute atomic E-state index is 12.2. The SMILES string of the molecule is CCC(C)C1NCN(Cc2cscc2C)C1=O. The second-order valence-electron chi connectivity index (χ2n) is 4.84. The van der Waals surface area contributed by atoms with Crippen molar-refractivity contribution >= 4 is 17.2 Å². The highest BCUT2D eigenvalue weighted by Crippen LogP contribution is 2.20. The summed E-state index contributed by atoms with van der Waals surface area (Å²) >= 11 is 1.70. The molecule has 1 aromatic rings. The number of rotatable bonds is 4. The predicted molar refractivity (Wildman–Crippen MR) is 70.9 cm³/mol. The molecule has 0 bridgehead atoms. The van der Waals surface area contributed by atoms with Gasteiger partial charge in [0, 0.05) is 6.54 Å². The first-order chi connectivity index (χ1) is 8.13. The average Bonchev–Trinajstić information content (AvgIpc) is 2.87. The summed E-state index contributed by atoms with van der Waals surface area (Å²) in [7, 11) is 0. The smallest absolute Gasteiger partial charge is 0.241 e. The van der Waals surface area contributed by atoms with E-state index in [2.05, 4.69) is 36.8 Å². The van der Waals surface area contributed by atoms with E-state index in [4.69, 9.17) is 0 Å². The molecule has 0 aromatic carbocycles. The Bertz CT molecular complexity index is 402. The molecule has 0 saturated carbocycles. The number of hydrogen-bond acceptors (Lipinski definition) is 3. The van der Waals surface area contributed by atoms with Gasteiger partial charge in [0.2, 0.25) is 5.91 Å². The van der Waals surface area contributed by atoms with Crippen molar-refractivity contribution in [3.8, 4) is 0 Å². The maximum atomic E-state index is 12.2. The molecular formula is C13H20N2OS. The zero-order valence-electron chi connectivity index (χ0n) is 10.7. The lowest BCUT2D eigenvalue weighted by Gasteiger charge is -2.18. The second kappa shape index (κ2) is 5.19. The van der Waals surface area contributed by atoms with Crippen molar-refractivity contribution in [3.63, 3.8) is 0 Å². The van der Waals surface area contributed by atoms with E-state index >= 15 is 0 Å². The Kier molecular flexibility index (Phi) is 3.84. The first-order valence-corrected chi connectivity index (χ1v) is 7.11. The van der Waals surface area contributed by atoms with Crippen LogP contribution in [0.1, 0.15) is 31.4 Å². The van der Waals surface area contributed by atoms with Gasteiger partial charge in [-0.3, -0.25) is 10.1 Å². The highest BCUT2D eigenvalue weighted by Gasteiger charge is 2.34. The molecule has 1 aliphatic heterocycles. The topological polar surface area (TPSA) is 32.3 Å². The van der Waals surface area contributed by atoms with Crippen LogP contribution >= 0.6 is 11.3 Å². The third-order valence-corrected chi connectivity index (χ3v) is 4.53. The molecule has 94 valence electrons. The zero-order chi connectivity index (χ0) is 12.4. The van der Waals surface area contributed by atoms with E-state index in [0.717, 1.165) is 13.0 Å². The van der Waals surface area contributed by atoms with Gasteiger partial charge in [0.05, 0.1) is 12.7 Å². The monoisotopic (exact) mass is 252 g/mol. The van der Waals surface area contributed by atoms with Gasteiger partial charge in [-0.15, -0.1) is 0 Å². The number of aryl methyl sites for hydroxylation is 1. The van der Waals surface area contributed by atoms with Gasteiger partial charge in [0.1, 0.15) is 0 Å². The quantitative estimate of drug-likeness (QED) is 0.892. The van der Waals surface area contributed by atoms with Gasteiger partial charge in [-0.1, -0.05) is 20.3 Å². The molecule has 17 heavy (non-hydrogen) atoms. The first-order valence-electron chi connectivity index (χ1n) is 6.17. The summed E-state index contributed by atoms with van der Waals surface area (Å²) in [5, 5.41) is 7.59. The first kappa shape index (κ1) is 12.6. The van der Waals surface area contributed by atoms with E-state index in [-0.39, 0.29) is 11.9 Å². The van der Waals surface area contributed by atoms with Gasteiger partial charge < -0.3 is 4.90 Å². The van der Waals surface area contributed by atoms with Crippen LogP contribution in [0.15, 0.2) is 10.8 Å². The Hall–Kier alpha value is -0.870. The third kappa shape index (κ3) is 2.53. The largest absolute Gasteiger partial charge is 0.324 e. The second-order valence-corrected chi connectivity index (χ2v) is 5.59. The minimum Gasteiger partial charge on any atom is -0.324 e. The molecule has 0 aliphatic carbocycles. The highest BCUT2D eigenvalue weighted by atomic mass is 32.1. The summed E-state index contributed by atoms with van der Waals surface area (Å²) in [6.07, 6.45) is 1.04. The Balaban J connectivity index is 2.01. The van der Waals surface area contributed by atoms with E-state index in [1.165, 1.54) is 11.1 Å². The minimum absolute atomic E-state index is 0.0129. The Morgan fingerprint density at radius 3 is 2.94 bits per heavy atom. The summed E-state index contributed by atoms with van der Waals surface area (Å²) in [6, 6.07) is 0.0129. The number of nitrogens with zero attached hydrogens (tertiary/aromatic N) is 1. The fourth-order valence-electron chi connectivity index (χ4n) is 2.14. The molecule has 1 aliphatic rings. The highest BCUT2D eigenvalue weighted by molar-refractivity contribution is 7.08. The molecule has 4 heteroatoms. The van der Waals surface area contributed by atoms with Gasteiger partial charge in [0.25, 0.3) is 0 Å². The lowest BCUT2D eigenvalue weighted by molar-refractivity contribution is -0.130. The summed E-state index contributed by atoms with van der Waals surface area (Å²) in [6.45, 7) is 7.80. The van der Waals surface area contributed by atoms with Gasteiger partial charge in [-0.05, 0) is 34.7 Å². The zero-order valence-corrected chi connectivity index (χ0v) is 11.5. The van der Waals surface area contributed by atoms with Gasteiger partial charge in [-0.25, -0.2) is 0 Å². The molecule has 2 unspecified atom stereocenters. The molecule has 1 N–H and O–H groups in total. The van der Waals surface area contributed by atoms with E-state index in [1.807, 2.05) is 4.90 Å². The number of hydrogen-bond donors (Lipinski definition) is 1. The molecule has 3 nitrogen and oxygen atoms in total. The third-order valence-electron chi connectivity index (χ3n) is 3.62. The number of nitrogens with one attached hydrogen (secondary N) is 1. The fraction of sp³-hybridized carbons (Fsp3) is 0.615. The van der Waals surface area contributed by atoms with Crippen LogP contribution in [0.5, 0.6) is 0 Å². The van der Waals surface area contributed by atoms with Crippen molar-refractivity contribution < 1.29 is 4.79 Å². The van der Waals surface area contributed by atoms with Crippen LogP contribution in [0.25, 0.3) is 0 Å². The van der Waals surface area contributed by atoms with Crippen LogP contribution in [0.2, 0.25) is 0 Å². The molecule has 0 radical (unpaired) electrons. The van der Waals surface area contributed by atoms with Gasteiger partial charge >= 0.3 is 0 Å². The summed E-state index contributed by atoms with van der Waals surface area (Å²) < 4.78 is 0. The summed E-state index contributed by atoms with van der Waals surface area (Å²) in [4.78, 5) is 14.1. The molecular weight excluding hydrogens is 232 g/mol. The number of carbonyl (C=O) groups is 1. The minimum atomic E-state index is 0.0129. The number of thiophene rings is 1. The molecule has 1 aromatic heterocycles. The maximum Gasteiger partial charge on any atom is 0.241 e. The standard InChI is InChI=1S/C13H20N2OS/c1-4-9(2)12-13(16)15(8-14-12)5-11-7-17-6-10(11)3/h6-7,9,12,14H,4-5,8H2,1-3H3. The van der Waals surface area contributed by atoms with Crippen LogP contribution in [0.4, 0.5) is 0 Å². The molecule has 2 rings (SSSR count). The predicted octanol–water partition coefficient (Wildman–Crippen LogP) is 2.36. The Morgan fingerprint density at radius 2 is 2.35 bits per heavy atom. The Labute approximate surface area is 107 Å². The van der Waals surface area contributed by atoms with Crippen molar-refractivity contribution in [1.82, 2.24) is 10.2 Å². The number of amides is 1. The molecule has 2 heterocycles. The van der Waals surface area contributed by atoms with Gasteiger partial charge in [0.15, 0.2) is 0 Å². The van der Waals surface area contributed by atoms with E-state index in [1.54, 1.807) is 11.3 Å². The fourth-order valence-corrected chi connectivity index (χ4v) is 2.99. The van der Waals surface area contributed by atoms with E-state index in [0.29, 0.717) is 12.6 Å². The van der Waals surface area contributed by atoms with E-state index in [9.17, 15) is 4.79 Å². The average molecular weight is 252 g/mol. The molecule has 1 amide bonds. The molecule has 1 fully saturated rings. The van der Waals surface area contributed by atoms with Crippen molar-refractivity contribution in [1.29, 1.82) is 0 Å². The van der Waals surface area contributed by atoms with Crippen LogP contribution in [-0.4, -0.2) is 23.5 Å². The molecule has 1 saturated heterocycles. The summed E-state index contributed by atoms with van der Waals surface area (Å²) in [5.41, 5.74) is 2.56.